The van der Waals surface area contributed by atoms with Crippen LogP contribution in [0.1, 0.15) is 12.8 Å². The van der Waals surface area contributed by atoms with Crippen LogP contribution in [-0.4, -0.2) is 59.7 Å². The number of nitrogens with two attached hydrogens (primary N) is 1. The van der Waals surface area contributed by atoms with Gasteiger partial charge in [-0.2, -0.15) is 15.0 Å². The highest BCUT2D eigenvalue weighted by Crippen LogP contribution is 2.28. The minimum Gasteiger partial charge on any atom is -0.381 e. The topological polar surface area (TPSA) is 98.4 Å². The number of aromatic nitrogens is 3. The molecule has 0 radical (unpaired) electrons. The molecule has 3 N–H and O–H groups in total. The van der Waals surface area contributed by atoms with Crippen molar-refractivity contribution in [3.05, 3.63) is 0 Å². The molecule has 1 aromatic heterocycles. The van der Waals surface area contributed by atoms with Crippen LogP contribution in [0.4, 0.5) is 11.9 Å². The number of hydrogen-bond donors (Lipinski definition) is 2. The van der Waals surface area contributed by atoms with Crippen molar-refractivity contribution in [1.82, 2.24) is 15.0 Å². The fourth-order valence-electron chi connectivity index (χ4n) is 2.31. The minimum absolute atomic E-state index is 0.404. The zero-order valence-electron chi connectivity index (χ0n) is 11.8. The normalized spacial score (nSPS) is 20.5. The Morgan fingerprint density at radius 3 is 2.48 bits per heavy atom. The van der Waals surface area contributed by atoms with Gasteiger partial charge in [-0.15, -0.1) is 0 Å². The van der Waals surface area contributed by atoms with Crippen LogP contribution in [0.3, 0.4) is 0 Å². The van der Waals surface area contributed by atoms with E-state index in [1.54, 1.807) is 11.8 Å². The van der Waals surface area contributed by atoms with E-state index in [9.17, 15) is 0 Å². The lowest BCUT2D eigenvalue weighted by Gasteiger charge is -2.27. The number of hydrazine groups is 1. The van der Waals surface area contributed by atoms with Gasteiger partial charge in [0.2, 0.25) is 11.9 Å². The summed E-state index contributed by atoms with van der Waals surface area (Å²) in [7, 11) is 0. The van der Waals surface area contributed by atoms with Crippen molar-refractivity contribution in [1.29, 1.82) is 0 Å². The smallest absolute Gasteiger partial charge is 0.242 e. The summed E-state index contributed by atoms with van der Waals surface area (Å²) < 4.78 is 10.7. The van der Waals surface area contributed by atoms with Gasteiger partial charge in [-0.3, -0.25) is 5.43 Å². The summed E-state index contributed by atoms with van der Waals surface area (Å²) in [5.41, 5.74) is 2.53. The first kappa shape index (κ1) is 14.8. The fourth-order valence-corrected chi connectivity index (χ4v) is 3.31. The van der Waals surface area contributed by atoms with Gasteiger partial charge in [0, 0.05) is 31.6 Å². The van der Waals surface area contributed by atoms with Gasteiger partial charge in [-0.05, 0) is 12.8 Å². The van der Waals surface area contributed by atoms with Crippen molar-refractivity contribution in [2.45, 2.75) is 23.2 Å². The van der Waals surface area contributed by atoms with Crippen LogP contribution in [0.15, 0.2) is 5.16 Å². The molecule has 2 aliphatic rings. The van der Waals surface area contributed by atoms with E-state index < -0.39 is 0 Å². The molecule has 3 rings (SSSR count). The molecule has 116 valence electrons. The number of nitrogen functional groups attached to an aromatic ring is 1. The van der Waals surface area contributed by atoms with Crippen LogP contribution in [0, 0.1) is 0 Å². The Morgan fingerprint density at radius 2 is 1.76 bits per heavy atom. The first-order valence-electron chi connectivity index (χ1n) is 7.15. The highest BCUT2D eigenvalue weighted by molar-refractivity contribution is 7.99. The van der Waals surface area contributed by atoms with Crippen LogP contribution >= 0.6 is 11.8 Å². The van der Waals surface area contributed by atoms with Gasteiger partial charge in [-0.1, -0.05) is 11.8 Å². The molecule has 21 heavy (non-hydrogen) atoms. The average molecular weight is 312 g/mol. The van der Waals surface area contributed by atoms with E-state index in [4.69, 9.17) is 15.3 Å². The van der Waals surface area contributed by atoms with Crippen LogP contribution in [0.5, 0.6) is 0 Å². The second kappa shape index (κ2) is 7.21. The predicted octanol–water partition coefficient (Wildman–Crippen LogP) is 0.265. The summed E-state index contributed by atoms with van der Waals surface area (Å²) in [6.07, 6.45) is 2.04. The number of ether oxygens (including phenoxy) is 2. The van der Waals surface area contributed by atoms with E-state index in [2.05, 4.69) is 25.3 Å². The number of nitrogens with zero attached hydrogens (tertiary/aromatic N) is 4. The van der Waals surface area contributed by atoms with Crippen LogP contribution in [0.2, 0.25) is 0 Å². The summed E-state index contributed by atoms with van der Waals surface area (Å²) in [5.74, 6) is 6.54. The lowest BCUT2D eigenvalue weighted by molar-refractivity contribution is 0.1000. The molecule has 8 nitrogen and oxygen atoms in total. The average Bonchev–Trinajstić information content (AvgIpc) is 2.56. The highest BCUT2D eigenvalue weighted by atomic mass is 32.2. The van der Waals surface area contributed by atoms with E-state index in [1.807, 2.05) is 0 Å². The standard InChI is InChI=1S/C12H20N6O2S/c13-17-10-14-11(18-3-7-20-8-4-18)16-12(15-10)21-9-1-5-19-6-2-9/h9H,1-8,13H2,(H,14,15,16,17). The third-order valence-electron chi connectivity index (χ3n) is 3.47. The number of anilines is 2. The number of hydrogen-bond acceptors (Lipinski definition) is 9. The van der Waals surface area contributed by atoms with Crippen LogP contribution < -0.4 is 16.2 Å². The zero-order chi connectivity index (χ0) is 14.5. The van der Waals surface area contributed by atoms with Crippen LogP contribution in [-0.2, 0) is 9.47 Å². The van der Waals surface area contributed by atoms with Gasteiger partial charge >= 0.3 is 0 Å². The zero-order valence-corrected chi connectivity index (χ0v) is 12.6. The number of morpholine rings is 1. The maximum atomic E-state index is 5.48. The van der Waals surface area contributed by atoms with E-state index in [0.717, 1.165) is 39.1 Å². The van der Waals surface area contributed by atoms with Crippen molar-refractivity contribution in [2.24, 2.45) is 5.84 Å². The summed E-state index contributed by atoms with van der Waals surface area (Å²) >= 11 is 1.68. The monoisotopic (exact) mass is 312 g/mol. The fraction of sp³-hybridized carbons (Fsp3) is 0.750. The summed E-state index contributed by atoms with van der Waals surface area (Å²) in [6, 6.07) is 0. The first-order chi connectivity index (χ1) is 10.3. The largest absolute Gasteiger partial charge is 0.381 e. The van der Waals surface area contributed by atoms with Gasteiger partial charge in [0.25, 0.3) is 0 Å². The van der Waals surface area contributed by atoms with Gasteiger partial charge in [0.15, 0.2) is 5.16 Å². The van der Waals surface area contributed by atoms with E-state index >= 15 is 0 Å². The maximum absolute atomic E-state index is 5.48. The quantitative estimate of drug-likeness (QED) is 0.599. The van der Waals surface area contributed by atoms with E-state index in [1.165, 1.54) is 0 Å². The summed E-state index contributed by atoms with van der Waals surface area (Å²) in [6.45, 7) is 4.58. The molecule has 2 saturated heterocycles. The first-order valence-corrected chi connectivity index (χ1v) is 8.03. The lowest BCUT2D eigenvalue weighted by atomic mass is 10.2. The molecule has 2 aliphatic heterocycles. The number of thioether (sulfide) groups is 1. The van der Waals surface area contributed by atoms with Crippen LogP contribution in [0.25, 0.3) is 0 Å². The molecule has 0 bridgehead atoms. The molecule has 0 atom stereocenters. The SMILES string of the molecule is NNc1nc(SC2CCOCC2)nc(N2CCOCC2)n1. The van der Waals surface area contributed by atoms with Gasteiger partial charge in [-0.25, -0.2) is 5.84 Å². The van der Waals surface area contributed by atoms with Crippen molar-refractivity contribution < 1.29 is 9.47 Å². The molecule has 9 heteroatoms. The Hall–Kier alpha value is -1.16. The third kappa shape index (κ3) is 3.94. The van der Waals surface area contributed by atoms with E-state index in [-0.39, 0.29) is 0 Å². The molecule has 1 aromatic rings. The van der Waals surface area contributed by atoms with Crippen molar-refractivity contribution in [2.75, 3.05) is 49.8 Å². The van der Waals surface area contributed by atoms with Crippen molar-refractivity contribution in [3.63, 3.8) is 0 Å². The molecular weight excluding hydrogens is 292 g/mol. The molecular formula is C12H20N6O2S. The highest BCUT2D eigenvalue weighted by Gasteiger charge is 2.20. The number of rotatable bonds is 4. The van der Waals surface area contributed by atoms with Crippen molar-refractivity contribution >= 4 is 23.7 Å². The van der Waals surface area contributed by atoms with E-state index in [0.29, 0.717) is 35.5 Å². The maximum Gasteiger partial charge on any atom is 0.242 e. The number of nitrogens with one attached hydrogen (secondary N) is 1. The molecule has 0 saturated carbocycles. The van der Waals surface area contributed by atoms with Crippen molar-refractivity contribution in [3.8, 4) is 0 Å². The molecule has 0 aliphatic carbocycles. The molecule has 3 heterocycles. The second-order valence-corrected chi connectivity index (χ2v) is 6.18. The molecule has 0 spiro atoms. The molecule has 0 amide bonds. The van der Waals surface area contributed by atoms with Gasteiger partial charge in [0.1, 0.15) is 0 Å². The predicted molar refractivity (Wildman–Crippen MR) is 80.4 cm³/mol. The third-order valence-corrected chi connectivity index (χ3v) is 4.66. The second-order valence-electron chi connectivity index (χ2n) is 4.91. The Balaban J connectivity index is 1.75. The Labute approximate surface area is 127 Å². The van der Waals surface area contributed by atoms with Gasteiger partial charge in [0.05, 0.1) is 13.2 Å². The Kier molecular flexibility index (Phi) is 5.07. The minimum atomic E-state index is 0.404. The molecule has 2 fully saturated rings. The Morgan fingerprint density at radius 1 is 1.05 bits per heavy atom. The molecule has 0 aromatic carbocycles. The summed E-state index contributed by atoms with van der Waals surface area (Å²) in [5, 5.41) is 1.20. The summed E-state index contributed by atoms with van der Waals surface area (Å²) in [4.78, 5) is 15.4. The molecule has 0 unspecified atom stereocenters. The lowest BCUT2D eigenvalue weighted by Crippen LogP contribution is -2.37. The Bertz CT molecular complexity index is 465. The van der Waals surface area contributed by atoms with Gasteiger partial charge < -0.3 is 14.4 Å².